The largest absolute Gasteiger partial charge is 0.467 e. The predicted molar refractivity (Wildman–Crippen MR) is 97.3 cm³/mol. The highest BCUT2D eigenvalue weighted by atomic mass is 127. The van der Waals surface area contributed by atoms with Gasteiger partial charge in [-0.1, -0.05) is 0 Å². The molecule has 2 rings (SSSR count). The molecule has 0 unspecified atom stereocenters. The zero-order valence-electron chi connectivity index (χ0n) is 12.5. The van der Waals surface area contributed by atoms with Gasteiger partial charge in [0.1, 0.15) is 12.3 Å². The minimum atomic E-state index is 0. The second-order valence-corrected chi connectivity index (χ2v) is 5.53. The van der Waals surface area contributed by atoms with Crippen molar-refractivity contribution in [2.45, 2.75) is 26.9 Å². The molecular weight excluding hydrogens is 399 g/mol. The Bertz CT molecular complexity index is 553. The van der Waals surface area contributed by atoms with Crippen molar-refractivity contribution in [3.8, 4) is 0 Å². The molecule has 0 atom stereocenters. The van der Waals surface area contributed by atoms with E-state index in [1.807, 2.05) is 26.1 Å². The normalized spacial score (nSPS) is 11.1. The van der Waals surface area contributed by atoms with E-state index >= 15 is 0 Å². The number of nitrogens with zero attached hydrogens (tertiary/aromatic N) is 3. The summed E-state index contributed by atoms with van der Waals surface area (Å²) >= 11 is 1.67. The number of thiazole rings is 1. The Balaban J connectivity index is 0.00000220. The van der Waals surface area contributed by atoms with Crippen molar-refractivity contribution in [3.63, 3.8) is 0 Å². The topological polar surface area (TPSA) is 53.7 Å². The lowest BCUT2D eigenvalue weighted by Crippen LogP contribution is -2.38. The van der Waals surface area contributed by atoms with Gasteiger partial charge in [0.2, 0.25) is 0 Å². The minimum Gasteiger partial charge on any atom is -0.467 e. The van der Waals surface area contributed by atoms with E-state index in [-0.39, 0.29) is 24.0 Å². The van der Waals surface area contributed by atoms with Gasteiger partial charge >= 0.3 is 0 Å². The fourth-order valence-corrected chi connectivity index (χ4v) is 2.43. The zero-order valence-corrected chi connectivity index (χ0v) is 15.6. The van der Waals surface area contributed by atoms with Crippen LogP contribution in [0, 0.1) is 6.92 Å². The Labute approximate surface area is 146 Å². The molecule has 0 saturated carbocycles. The monoisotopic (exact) mass is 420 g/mol. The maximum atomic E-state index is 5.30. The van der Waals surface area contributed by atoms with E-state index in [9.17, 15) is 0 Å². The molecule has 0 amide bonds. The lowest BCUT2D eigenvalue weighted by Gasteiger charge is -2.20. The summed E-state index contributed by atoms with van der Waals surface area (Å²) in [4.78, 5) is 11.1. The summed E-state index contributed by atoms with van der Waals surface area (Å²) in [5.41, 5.74) is 1.07. The van der Waals surface area contributed by atoms with Crippen LogP contribution in [-0.2, 0) is 13.1 Å². The summed E-state index contributed by atoms with van der Waals surface area (Å²) in [6, 6.07) is 3.80. The highest BCUT2D eigenvalue weighted by Crippen LogP contribution is 2.10. The van der Waals surface area contributed by atoms with Crippen LogP contribution in [0.15, 0.2) is 33.2 Å². The molecule has 2 aromatic rings. The van der Waals surface area contributed by atoms with Gasteiger partial charge in [-0.25, -0.2) is 9.98 Å². The zero-order chi connectivity index (χ0) is 14.4. The molecular formula is C14H21IN4OS. The molecule has 5 nitrogen and oxygen atoms in total. The number of hydrogen-bond donors (Lipinski definition) is 1. The van der Waals surface area contributed by atoms with Crippen LogP contribution in [0.5, 0.6) is 0 Å². The van der Waals surface area contributed by atoms with Gasteiger partial charge in [-0.3, -0.25) is 0 Å². The highest BCUT2D eigenvalue weighted by molar-refractivity contribution is 14.0. The van der Waals surface area contributed by atoms with Crippen molar-refractivity contribution in [2.24, 2.45) is 4.99 Å². The first-order valence-corrected chi connectivity index (χ1v) is 7.50. The Hall–Kier alpha value is -1.09. The van der Waals surface area contributed by atoms with E-state index < -0.39 is 0 Å². The van der Waals surface area contributed by atoms with E-state index in [1.165, 1.54) is 0 Å². The van der Waals surface area contributed by atoms with Crippen LogP contribution in [0.3, 0.4) is 0 Å². The molecule has 0 bridgehead atoms. The number of furan rings is 1. The first kappa shape index (κ1) is 18.0. The summed E-state index contributed by atoms with van der Waals surface area (Å²) in [5, 5.41) is 6.46. The standard InChI is InChI=1S/C14H20N4OS.HI/c1-4-15-14(16-8-13-6-5-7-19-13)18(3)9-12-10-20-11(2)17-12;/h5-7,10H,4,8-9H2,1-3H3,(H,15,16);1H. The molecule has 0 aromatic carbocycles. The Morgan fingerprint density at radius 2 is 2.33 bits per heavy atom. The van der Waals surface area contributed by atoms with Gasteiger partial charge < -0.3 is 14.6 Å². The number of rotatable bonds is 5. The molecule has 0 aliphatic rings. The van der Waals surface area contributed by atoms with Gasteiger partial charge in [-0.15, -0.1) is 35.3 Å². The van der Waals surface area contributed by atoms with Crippen molar-refractivity contribution in [1.29, 1.82) is 0 Å². The predicted octanol–water partition coefficient (Wildman–Crippen LogP) is 3.26. The maximum absolute atomic E-state index is 5.30. The molecule has 7 heteroatoms. The van der Waals surface area contributed by atoms with Crippen LogP contribution in [-0.4, -0.2) is 29.4 Å². The van der Waals surface area contributed by atoms with E-state index in [1.54, 1.807) is 17.6 Å². The van der Waals surface area contributed by atoms with Crippen LogP contribution in [0.25, 0.3) is 0 Å². The third-order valence-electron chi connectivity index (χ3n) is 2.73. The van der Waals surface area contributed by atoms with Gasteiger partial charge in [0, 0.05) is 19.0 Å². The molecule has 21 heavy (non-hydrogen) atoms. The number of guanidine groups is 1. The van der Waals surface area contributed by atoms with Crippen molar-refractivity contribution in [1.82, 2.24) is 15.2 Å². The Morgan fingerprint density at radius 3 is 2.90 bits per heavy atom. The molecule has 0 aliphatic heterocycles. The molecule has 2 heterocycles. The summed E-state index contributed by atoms with van der Waals surface area (Å²) in [5.74, 6) is 1.72. The van der Waals surface area contributed by atoms with Crippen LogP contribution >= 0.6 is 35.3 Å². The third-order valence-corrected chi connectivity index (χ3v) is 3.55. The summed E-state index contributed by atoms with van der Waals surface area (Å²) in [6.07, 6.45) is 1.67. The quantitative estimate of drug-likeness (QED) is 0.459. The fourth-order valence-electron chi connectivity index (χ4n) is 1.82. The van der Waals surface area contributed by atoms with Crippen LogP contribution in [0.2, 0.25) is 0 Å². The summed E-state index contributed by atoms with van der Waals surface area (Å²) < 4.78 is 5.30. The van der Waals surface area contributed by atoms with Gasteiger partial charge in [0.25, 0.3) is 0 Å². The van der Waals surface area contributed by atoms with E-state index in [0.717, 1.165) is 35.5 Å². The highest BCUT2D eigenvalue weighted by Gasteiger charge is 2.08. The van der Waals surface area contributed by atoms with E-state index in [2.05, 4.69) is 32.5 Å². The minimum absolute atomic E-state index is 0. The molecule has 1 N–H and O–H groups in total. The molecule has 0 spiro atoms. The third kappa shape index (κ3) is 5.66. The average molecular weight is 420 g/mol. The molecule has 0 aliphatic carbocycles. The van der Waals surface area contributed by atoms with Crippen molar-refractivity contribution < 1.29 is 4.42 Å². The number of nitrogens with one attached hydrogen (secondary N) is 1. The van der Waals surface area contributed by atoms with Crippen molar-refractivity contribution in [2.75, 3.05) is 13.6 Å². The van der Waals surface area contributed by atoms with Gasteiger partial charge in [0.15, 0.2) is 5.96 Å². The second-order valence-electron chi connectivity index (χ2n) is 4.46. The number of aliphatic imine (C=N–C) groups is 1. The SMILES string of the molecule is CCNC(=NCc1ccco1)N(C)Cc1csc(C)n1.I. The summed E-state index contributed by atoms with van der Waals surface area (Å²) in [6.45, 7) is 6.19. The smallest absolute Gasteiger partial charge is 0.194 e. The van der Waals surface area contributed by atoms with Crippen LogP contribution in [0.4, 0.5) is 0 Å². The molecule has 0 radical (unpaired) electrons. The van der Waals surface area contributed by atoms with Crippen molar-refractivity contribution in [3.05, 3.63) is 40.2 Å². The molecule has 0 saturated heterocycles. The average Bonchev–Trinajstić information content (AvgIpc) is 3.06. The van der Waals surface area contributed by atoms with Gasteiger partial charge in [-0.05, 0) is 26.0 Å². The lowest BCUT2D eigenvalue weighted by atomic mass is 10.4. The maximum Gasteiger partial charge on any atom is 0.194 e. The van der Waals surface area contributed by atoms with Crippen molar-refractivity contribution >= 4 is 41.3 Å². The first-order valence-electron chi connectivity index (χ1n) is 6.62. The number of aryl methyl sites for hydroxylation is 1. The number of hydrogen-bond acceptors (Lipinski definition) is 4. The fraction of sp³-hybridized carbons (Fsp3) is 0.429. The lowest BCUT2D eigenvalue weighted by molar-refractivity contribution is 0.465. The van der Waals surface area contributed by atoms with Crippen LogP contribution < -0.4 is 5.32 Å². The van der Waals surface area contributed by atoms with E-state index in [4.69, 9.17) is 4.42 Å². The van der Waals surface area contributed by atoms with Crippen LogP contribution in [0.1, 0.15) is 23.4 Å². The second kappa shape index (κ2) is 9.04. The Kier molecular flexibility index (Phi) is 7.73. The first-order chi connectivity index (χ1) is 9.69. The number of aromatic nitrogens is 1. The molecule has 2 aromatic heterocycles. The Morgan fingerprint density at radius 1 is 1.52 bits per heavy atom. The molecule has 0 fully saturated rings. The van der Waals surface area contributed by atoms with Gasteiger partial charge in [-0.2, -0.15) is 0 Å². The molecule has 116 valence electrons. The van der Waals surface area contributed by atoms with Gasteiger partial charge in [0.05, 0.1) is 23.5 Å². The summed E-state index contributed by atoms with van der Waals surface area (Å²) in [7, 11) is 2.01. The number of halogens is 1. The van der Waals surface area contributed by atoms with E-state index in [0.29, 0.717) is 6.54 Å².